The Bertz CT molecular complexity index is 1490. The normalized spacial score (nSPS) is 24.3. The first-order chi connectivity index (χ1) is 18.6. The van der Waals surface area contributed by atoms with Crippen molar-refractivity contribution in [2.45, 2.75) is 37.4 Å². The number of halogens is 2. The molecule has 3 fully saturated rings. The maximum absolute atomic E-state index is 16.3. The van der Waals surface area contributed by atoms with Gasteiger partial charge in [0.15, 0.2) is 5.82 Å². The summed E-state index contributed by atoms with van der Waals surface area (Å²) in [5, 5.41) is 0.514. The first kappa shape index (κ1) is 23.7. The monoisotopic (exact) mass is 521 g/mol. The fraction of sp³-hybridized carbons (Fsp3) is 0.481. The number of anilines is 1. The largest absolute Gasteiger partial charge is 0.461 e. The number of benzene rings is 1. The Morgan fingerprint density at radius 3 is 3.00 bits per heavy atom. The van der Waals surface area contributed by atoms with Crippen molar-refractivity contribution < 1.29 is 18.3 Å². The van der Waals surface area contributed by atoms with Gasteiger partial charge in [-0.25, -0.2) is 13.8 Å². The third-order valence-electron chi connectivity index (χ3n) is 8.10. The zero-order chi connectivity index (χ0) is 25.7. The van der Waals surface area contributed by atoms with Crippen molar-refractivity contribution in [1.82, 2.24) is 29.8 Å². The van der Waals surface area contributed by atoms with Gasteiger partial charge in [-0.05, 0) is 31.9 Å². The third-order valence-corrected chi connectivity index (χ3v) is 8.10. The molecule has 3 saturated heterocycles. The summed E-state index contributed by atoms with van der Waals surface area (Å²) in [5.41, 5.74) is 1.96. The van der Waals surface area contributed by atoms with Crippen molar-refractivity contribution in [3.63, 3.8) is 0 Å². The molecule has 2 atom stereocenters. The van der Waals surface area contributed by atoms with Crippen LogP contribution in [0.25, 0.3) is 33.2 Å². The van der Waals surface area contributed by atoms with E-state index in [1.165, 1.54) is 0 Å². The summed E-state index contributed by atoms with van der Waals surface area (Å²) < 4.78 is 42.4. The number of nitrogens with zero attached hydrogens (tertiary/aromatic N) is 6. The second-order valence-electron chi connectivity index (χ2n) is 10.4. The molecule has 3 aromatic heterocycles. The van der Waals surface area contributed by atoms with Crippen LogP contribution in [0.1, 0.15) is 25.7 Å². The number of rotatable bonds is 5. The zero-order valence-electron chi connectivity index (χ0n) is 21.0. The number of nitrogens with one attached hydrogen (secondary N) is 1. The highest BCUT2D eigenvalue weighted by Gasteiger charge is 2.49. The smallest absolute Gasteiger partial charge is 0.319 e. The number of para-hydroxylation sites is 1. The van der Waals surface area contributed by atoms with E-state index in [-0.39, 0.29) is 29.4 Å². The molecule has 6 heterocycles. The lowest BCUT2D eigenvalue weighted by Gasteiger charge is -2.31. The zero-order valence-corrected chi connectivity index (χ0v) is 21.0. The molecule has 3 aliphatic heterocycles. The number of fused-ring (bicyclic) bond motifs is 3. The van der Waals surface area contributed by atoms with Crippen LogP contribution in [0, 0.1) is 5.82 Å². The fourth-order valence-electron chi connectivity index (χ4n) is 6.28. The van der Waals surface area contributed by atoms with E-state index in [1.54, 1.807) is 18.6 Å². The summed E-state index contributed by atoms with van der Waals surface area (Å²) in [5.74, 6) is 0.0184. The first-order valence-electron chi connectivity index (χ1n) is 13.2. The van der Waals surface area contributed by atoms with Crippen LogP contribution in [0.2, 0.25) is 0 Å². The molecule has 1 aromatic carbocycles. The minimum absolute atomic E-state index is 0.0928. The highest BCUT2D eigenvalue weighted by atomic mass is 19.1. The van der Waals surface area contributed by atoms with E-state index in [0.29, 0.717) is 61.6 Å². The van der Waals surface area contributed by atoms with Gasteiger partial charge in [-0.2, -0.15) is 9.97 Å². The van der Waals surface area contributed by atoms with Crippen molar-refractivity contribution in [1.29, 1.82) is 0 Å². The molecule has 0 amide bonds. The predicted molar refractivity (Wildman–Crippen MR) is 139 cm³/mol. The first-order valence-corrected chi connectivity index (χ1v) is 13.2. The van der Waals surface area contributed by atoms with E-state index in [0.717, 1.165) is 31.3 Å². The number of hydrogen-bond donors (Lipinski definition) is 1. The number of alkyl halides is 1. The van der Waals surface area contributed by atoms with E-state index < -0.39 is 12.0 Å². The Morgan fingerprint density at radius 2 is 2.05 bits per heavy atom. The van der Waals surface area contributed by atoms with Gasteiger partial charge in [-0.15, -0.1) is 0 Å². The van der Waals surface area contributed by atoms with Crippen LogP contribution in [0.4, 0.5) is 14.6 Å². The molecule has 9 nitrogen and oxygen atoms in total. The average Bonchev–Trinajstić information content (AvgIpc) is 3.55. The number of hydrogen-bond acceptors (Lipinski definition) is 8. The van der Waals surface area contributed by atoms with Crippen LogP contribution >= 0.6 is 0 Å². The summed E-state index contributed by atoms with van der Waals surface area (Å²) in [7, 11) is 0. The molecule has 198 valence electrons. The van der Waals surface area contributed by atoms with Crippen LogP contribution < -0.4 is 9.64 Å². The molecule has 4 aromatic rings. The lowest BCUT2D eigenvalue weighted by atomic mass is 9.95. The van der Waals surface area contributed by atoms with Crippen LogP contribution in [-0.4, -0.2) is 87.5 Å². The molecule has 0 saturated carbocycles. The molecule has 0 spiro atoms. The quantitative estimate of drug-likeness (QED) is 0.423. The van der Waals surface area contributed by atoms with Gasteiger partial charge < -0.3 is 19.4 Å². The SMILES string of the molecule is Fc1c(-c2cccc3[nH]cnc23)ncc2c(N3CCCOCC3)nc(OC[C@@]34CCCN3C[C@H](F)C4)nc12. The molecule has 0 unspecified atom stereocenters. The van der Waals surface area contributed by atoms with Crippen molar-refractivity contribution in [2.24, 2.45) is 0 Å². The molecular weight excluding hydrogens is 492 g/mol. The van der Waals surface area contributed by atoms with Crippen molar-refractivity contribution in [2.75, 3.05) is 50.9 Å². The van der Waals surface area contributed by atoms with Gasteiger partial charge in [0.1, 0.15) is 29.8 Å². The average molecular weight is 522 g/mol. The number of H-pyrrole nitrogens is 1. The van der Waals surface area contributed by atoms with E-state index in [1.807, 2.05) is 12.1 Å². The topological polar surface area (TPSA) is 92.3 Å². The second kappa shape index (κ2) is 9.39. The molecule has 1 N–H and O–H groups in total. The summed E-state index contributed by atoms with van der Waals surface area (Å²) in [6.45, 7) is 4.11. The number of aromatic nitrogens is 5. The Morgan fingerprint density at radius 1 is 1.11 bits per heavy atom. The lowest BCUT2D eigenvalue weighted by molar-refractivity contribution is 0.107. The van der Waals surface area contributed by atoms with Crippen molar-refractivity contribution in [3.8, 4) is 17.3 Å². The van der Waals surface area contributed by atoms with Crippen LogP contribution in [0.5, 0.6) is 6.01 Å². The molecule has 7 rings (SSSR count). The standard InChI is InChI=1S/C27H29F2N7O2/c28-17-12-27(6-2-8-36(27)14-17)15-38-26-33-24-19(25(34-26)35-7-3-10-37-11-9-35)13-30-23(21(24)29)18-4-1-5-20-22(18)32-16-31-20/h1,4-5,13,16-17H,2-3,6-12,14-15H2,(H,31,32)/t17-,27+/m1/s1. The summed E-state index contributed by atoms with van der Waals surface area (Å²) in [6.07, 6.45) is 5.49. The summed E-state index contributed by atoms with van der Waals surface area (Å²) >= 11 is 0. The van der Waals surface area contributed by atoms with Crippen LogP contribution in [0.15, 0.2) is 30.7 Å². The van der Waals surface area contributed by atoms with Crippen molar-refractivity contribution >= 4 is 27.8 Å². The Labute approximate surface area is 218 Å². The molecule has 3 aliphatic rings. The van der Waals surface area contributed by atoms with E-state index in [4.69, 9.17) is 14.5 Å². The van der Waals surface area contributed by atoms with E-state index in [2.05, 4.69) is 29.7 Å². The third kappa shape index (κ3) is 3.95. The van der Waals surface area contributed by atoms with Gasteiger partial charge in [0.25, 0.3) is 0 Å². The van der Waals surface area contributed by atoms with Gasteiger partial charge in [0.05, 0.1) is 34.9 Å². The van der Waals surface area contributed by atoms with Gasteiger partial charge >= 0.3 is 6.01 Å². The number of imidazole rings is 1. The highest BCUT2D eigenvalue weighted by molar-refractivity contribution is 5.96. The maximum Gasteiger partial charge on any atom is 0.319 e. The molecule has 0 radical (unpaired) electrons. The predicted octanol–water partition coefficient (Wildman–Crippen LogP) is 3.89. The summed E-state index contributed by atoms with van der Waals surface area (Å²) in [6, 6.07) is 5.61. The van der Waals surface area contributed by atoms with Crippen LogP contribution in [0.3, 0.4) is 0 Å². The fourth-order valence-corrected chi connectivity index (χ4v) is 6.28. The molecule has 11 heteroatoms. The summed E-state index contributed by atoms with van der Waals surface area (Å²) in [4.78, 5) is 25.5. The number of pyridine rings is 1. The maximum atomic E-state index is 16.3. The van der Waals surface area contributed by atoms with E-state index in [9.17, 15) is 4.39 Å². The Balaban J connectivity index is 1.32. The Kier molecular flexibility index (Phi) is 5.85. The minimum Gasteiger partial charge on any atom is -0.461 e. The second-order valence-corrected chi connectivity index (χ2v) is 10.4. The number of aromatic amines is 1. The number of ether oxygens (including phenoxy) is 2. The molecule has 0 bridgehead atoms. The lowest BCUT2D eigenvalue weighted by Crippen LogP contribution is -2.43. The van der Waals surface area contributed by atoms with Crippen LogP contribution in [-0.2, 0) is 4.74 Å². The highest BCUT2D eigenvalue weighted by Crippen LogP contribution is 2.41. The molecular formula is C27H29F2N7O2. The minimum atomic E-state index is -0.861. The van der Waals surface area contributed by atoms with Crippen molar-refractivity contribution in [3.05, 3.63) is 36.5 Å². The molecule has 0 aliphatic carbocycles. The van der Waals surface area contributed by atoms with Gasteiger partial charge in [-0.3, -0.25) is 9.88 Å². The Hall–Kier alpha value is -3.44. The molecule has 38 heavy (non-hydrogen) atoms. The van der Waals surface area contributed by atoms with E-state index >= 15 is 4.39 Å². The van der Waals surface area contributed by atoms with Gasteiger partial charge in [-0.1, -0.05) is 12.1 Å². The van der Waals surface area contributed by atoms with Gasteiger partial charge in [0, 0.05) is 44.4 Å². The van der Waals surface area contributed by atoms with Gasteiger partial charge in [0.2, 0.25) is 0 Å².